The van der Waals surface area contributed by atoms with Crippen molar-refractivity contribution in [2.75, 3.05) is 27.9 Å². The zero-order valence-corrected chi connectivity index (χ0v) is 22.2. The lowest BCUT2D eigenvalue weighted by Crippen LogP contribution is -2.32. The first kappa shape index (κ1) is 26.8. The predicted molar refractivity (Wildman–Crippen MR) is 152 cm³/mol. The summed E-state index contributed by atoms with van der Waals surface area (Å²) in [6, 6.07) is 18.9. The maximum Gasteiger partial charge on any atom is 0.283 e. The van der Waals surface area contributed by atoms with E-state index < -0.39 is 17.7 Å². The Hall–Kier alpha value is -4.75. The second-order valence-corrected chi connectivity index (χ2v) is 9.59. The number of anilines is 4. The third-order valence-corrected chi connectivity index (χ3v) is 6.97. The van der Waals surface area contributed by atoms with Gasteiger partial charge in [-0.25, -0.2) is 9.88 Å². The van der Waals surface area contributed by atoms with E-state index in [9.17, 15) is 19.6 Å². The van der Waals surface area contributed by atoms with E-state index in [-0.39, 0.29) is 21.6 Å². The van der Waals surface area contributed by atoms with Crippen LogP contribution in [0.2, 0.25) is 0 Å². The molecule has 0 fully saturated rings. The first-order valence-electron chi connectivity index (χ1n) is 11.6. The minimum Gasteiger partial charge on any atom is -0.733 e. The van der Waals surface area contributed by atoms with Crippen LogP contribution in [0.4, 0.5) is 22.2 Å². The van der Waals surface area contributed by atoms with Crippen molar-refractivity contribution >= 4 is 62.9 Å². The molecule has 40 heavy (non-hydrogen) atoms. The van der Waals surface area contributed by atoms with Gasteiger partial charge in [-0.2, -0.15) is 0 Å². The van der Waals surface area contributed by atoms with Gasteiger partial charge in [-0.3, -0.25) is 24.9 Å². The van der Waals surface area contributed by atoms with Crippen molar-refractivity contribution in [1.29, 1.82) is 0 Å². The van der Waals surface area contributed by atoms with E-state index >= 15 is 0 Å². The van der Waals surface area contributed by atoms with Gasteiger partial charge in [0.1, 0.15) is 16.5 Å². The van der Waals surface area contributed by atoms with Crippen LogP contribution in [-0.4, -0.2) is 35.0 Å². The average molecular weight is 577 g/mol. The Balaban J connectivity index is 1.24. The quantitative estimate of drug-likeness (QED) is 0.190. The van der Waals surface area contributed by atoms with Gasteiger partial charge in [0.2, 0.25) is 0 Å². The molecule has 0 atom stereocenters. The van der Waals surface area contributed by atoms with Crippen LogP contribution in [0.3, 0.4) is 0 Å². The lowest BCUT2D eigenvalue weighted by molar-refractivity contribution is -0.120. The predicted octanol–water partition coefficient (Wildman–Crippen LogP) is 5.20. The molecule has 5 rings (SSSR count). The molecule has 2 heterocycles. The Morgan fingerprint density at radius 3 is 2.48 bits per heavy atom. The number of hydrogen-bond donors (Lipinski definition) is 3. The molecule has 0 saturated heterocycles. The molecular weight excluding hydrogens is 558 g/mol. The van der Waals surface area contributed by atoms with Gasteiger partial charge in [-0.15, -0.1) is 11.3 Å². The summed E-state index contributed by atoms with van der Waals surface area (Å²) in [7, 11) is 1.48. The Bertz CT molecular complexity index is 1640. The van der Waals surface area contributed by atoms with E-state index in [1.54, 1.807) is 66.0 Å². The molecule has 0 spiro atoms. The van der Waals surface area contributed by atoms with Crippen LogP contribution in [0.5, 0.6) is 5.75 Å². The van der Waals surface area contributed by atoms with E-state index in [2.05, 4.69) is 15.6 Å². The Morgan fingerprint density at radius 1 is 1.07 bits per heavy atom. The molecule has 1 aliphatic rings. The molecule has 0 unspecified atom stereocenters. The number of benzene rings is 3. The molecule has 11 nitrogen and oxygen atoms in total. The van der Waals surface area contributed by atoms with E-state index in [1.807, 2.05) is 0 Å². The largest absolute Gasteiger partial charge is 0.733 e. The monoisotopic (exact) mass is 576 g/mol. The fraction of sp³-hybridized carbons (Fsp3) is 0.0370. The molecule has 3 N–H and O–H groups in total. The molecule has 1 aromatic heterocycles. The number of carbonyl (C=O) groups is 3. The van der Waals surface area contributed by atoms with Crippen molar-refractivity contribution in [2.45, 2.75) is 0 Å². The fourth-order valence-electron chi connectivity index (χ4n) is 3.84. The number of nitrogens with one attached hydrogen (secondary N) is 2. The van der Waals surface area contributed by atoms with Gasteiger partial charge in [-0.1, -0.05) is 29.8 Å². The van der Waals surface area contributed by atoms with Crippen LogP contribution in [0, 0.1) is 5.21 Å². The number of methoxy groups -OCH3 is 1. The van der Waals surface area contributed by atoms with Gasteiger partial charge in [0.15, 0.2) is 5.13 Å². The Kier molecular flexibility index (Phi) is 7.49. The van der Waals surface area contributed by atoms with Crippen molar-refractivity contribution in [3.63, 3.8) is 0 Å². The fourth-order valence-corrected chi connectivity index (χ4v) is 4.76. The summed E-state index contributed by atoms with van der Waals surface area (Å²) in [4.78, 5) is 43.8. The summed E-state index contributed by atoms with van der Waals surface area (Å²) in [5.74, 6) is -1.22. The smallest absolute Gasteiger partial charge is 0.283 e. The second-order valence-electron chi connectivity index (χ2n) is 8.35. The summed E-state index contributed by atoms with van der Waals surface area (Å²) in [5, 5.41) is 27.1. The van der Waals surface area contributed by atoms with Crippen molar-refractivity contribution in [3.05, 3.63) is 99.7 Å². The number of thiazole rings is 1. The standard InChI is InChI=1S/C27H19ClN5O6S/c1-39-20-4-2-3-19(13-20)32-25(35)22(28)23(26(32)36)29-17-9-5-16(6-10-17)24(34)31-27-30-21(14-40-27)15-7-11-18(12-8-15)33(37)38/h2-14,29,37H,1H3,(H,30,31,34)/q-1. The number of nitrogens with zero attached hydrogens (tertiary/aromatic N) is 3. The lowest BCUT2D eigenvalue weighted by Gasteiger charge is -2.21. The lowest BCUT2D eigenvalue weighted by atomic mass is 10.1. The number of aromatic nitrogens is 1. The van der Waals surface area contributed by atoms with Gasteiger partial charge in [0, 0.05) is 28.3 Å². The highest BCUT2D eigenvalue weighted by Crippen LogP contribution is 2.32. The van der Waals surface area contributed by atoms with Crippen LogP contribution >= 0.6 is 22.9 Å². The number of ether oxygens (including phenoxy) is 1. The zero-order valence-electron chi connectivity index (χ0n) is 20.6. The summed E-state index contributed by atoms with van der Waals surface area (Å²) in [5.41, 5.74) is 2.38. The van der Waals surface area contributed by atoms with Gasteiger partial charge in [0.25, 0.3) is 17.7 Å². The van der Waals surface area contributed by atoms with E-state index in [4.69, 9.17) is 21.5 Å². The van der Waals surface area contributed by atoms with E-state index in [0.717, 1.165) is 4.90 Å². The highest BCUT2D eigenvalue weighted by atomic mass is 35.5. The number of hydrogen-bond acceptors (Lipinski definition) is 10. The highest BCUT2D eigenvalue weighted by molar-refractivity contribution is 7.14. The highest BCUT2D eigenvalue weighted by Gasteiger charge is 2.39. The maximum absolute atomic E-state index is 13.0. The summed E-state index contributed by atoms with van der Waals surface area (Å²) in [6.07, 6.45) is 0. The van der Waals surface area contributed by atoms with Crippen molar-refractivity contribution < 1.29 is 24.3 Å². The van der Waals surface area contributed by atoms with Crippen LogP contribution in [0.1, 0.15) is 10.4 Å². The van der Waals surface area contributed by atoms with Crippen LogP contribution in [0.25, 0.3) is 11.3 Å². The molecule has 0 saturated carbocycles. The van der Waals surface area contributed by atoms with E-state index in [1.165, 1.54) is 30.6 Å². The van der Waals surface area contributed by atoms with Crippen LogP contribution in [0.15, 0.2) is 88.9 Å². The van der Waals surface area contributed by atoms with Crippen molar-refractivity contribution in [2.24, 2.45) is 0 Å². The number of amides is 3. The Labute approximate surface area is 236 Å². The van der Waals surface area contributed by atoms with Crippen molar-refractivity contribution in [3.8, 4) is 17.0 Å². The third-order valence-electron chi connectivity index (χ3n) is 5.86. The van der Waals surface area contributed by atoms with E-state index in [0.29, 0.717) is 39.1 Å². The zero-order chi connectivity index (χ0) is 28.4. The number of imide groups is 1. The van der Waals surface area contributed by atoms with Crippen LogP contribution < -0.4 is 25.5 Å². The van der Waals surface area contributed by atoms with Gasteiger partial charge >= 0.3 is 0 Å². The summed E-state index contributed by atoms with van der Waals surface area (Å²) >= 11 is 7.43. The first-order valence-corrected chi connectivity index (χ1v) is 12.8. The maximum atomic E-state index is 13.0. The number of carbonyl (C=O) groups excluding carboxylic acids is 3. The normalized spacial score (nSPS) is 13.1. The molecule has 4 aromatic rings. The second kappa shape index (κ2) is 11.2. The van der Waals surface area contributed by atoms with Gasteiger partial charge in [-0.05, 0) is 48.5 Å². The van der Waals surface area contributed by atoms with Crippen LogP contribution in [-0.2, 0) is 9.59 Å². The molecule has 13 heteroatoms. The molecule has 0 bridgehead atoms. The Morgan fingerprint density at radius 2 is 1.80 bits per heavy atom. The molecular formula is C27H19ClN5O6S-. The van der Waals surface area contributed by atoms with Gasteiger partial charge < -0.3 is 20.5 Å². The number of halogens is 1. The topological polar surface area (TPSA) is 147 Å². The van der Waals surface area contributed by atoms with Crippen molar-refractivity contribution in [1.82, 2.24) is 4.98 Å². The van der Waals surface area contributed by atoms with Gasteiger partial charge in [0.05, 0.1) is 24.2 Å². The third kappa shape index (κ3) is 5.37. The SMILES string of the molecule is COc1cccc(N2C(=O)C(Cl)=C(Nc3ccc(C(=O)Nc4nc(-c5ccc(N([O-])O)cc5)cs4)cc3)C2=O)c1. The molecule has 3 amide bonds. The molecule has 3 aromatic carbocycles. The first-order chi connectivity index (χ1) is 19.2. The molecule has 0 radical (unpaired) electrons. The molecule has 202 valence electrons. The number of rotatable bonds is 8. The average Bonchev–Trinajstić information content (AvgIpc) is 3.51. The summed E-state index contributed by atoms with van der Waals surface area (Å²) < 4.78 is 5.17. The summed E-state index contributed by atoms with van der Waals surface area (Å²) in [6.45, 7) is 0. The molecule has 0 aliphatic carbocycles. The molecule has 1 aliphatic heterocycles. The minimum absolute atomic E-state index is 0.0853. The minimum atomic E-state index is -0.669.